The van der Waals surface area contributed by atoms with Crippen molar-refractivity contribution in [3.8, 4) is 0 Å². The van der Waals surface area contributed by atoms with Crippen LogP contribution in [0.1, 0.15) is 18.1 Å². The quantitative estimate of drug-likeness (QED) is 0.655. The Balaban J connectivity index is 2.60. The molecule has 0 spiro atoms. The van der Waals surface area contributed by atoms with E-state index in [1.807, 2.05) is 0 Å². The first-order chi connectivity index (χ1) is 8.84. The maximum Gasteiger partial charge on any atom is 0.194 e. The maximum absolute atomic E-state index is 13.8. The van der Waals surface area contributed by atoms with Gasteiger partial charge >= 0.3 is 0 Å². The van der Waals surface area contributed by atoms with Crippen molar-refractivity contribution >= 4 is 0 Å². The SMILES string of the molecule is CC(N)(c1cccc(F)c1)c1ccc(F)c(F)c1F. The van der Waals surface area contributed by atoms with Gasteiger partial charge in [0.05, 0.1) is 5.54 Å². The Morgan fingerprint density at radius 1 is 0.947 bits per heavy atom. The van der Waals surface area contributed by atoms with Crippen molar-refractivity contribution in [2.45, 2.75) is 12.5 Å². The Kier molecular flexibility index (Phi) is 3.32. The smallest absolute Gasteiger partial charge is 0.194 e. The van der Waals surface area contributed by atoms with Crippen molar-refractivity contribution in [3.63, 3.8) is 0 Å². The first-order valence-corrected chi connectivity index (χ1v) is 5.53. The van der Waals surface area contributed by atoms with Crippen molar-refractivity contribution in [1.29, 1.82) is 0 Å². The van der Waals surface area contributed by atoms with Crippen LogP contribution in [0.2, 0.25) is 0 Å². The van der Waals surface area contributed by atoms with Crippen molar-refractivity contribution in [1.82, 2.24) is 0 Å². The molecular weight excluding hydrogens is 258 g/mol. The van der Waals surface area contributed by atoms with Gasteiger partial charge in [0.1, 0.15) is 5.82 Å². The number of hydrogen-bond acceptors (Lipinski definition) is 1. The summed E-state index contributed by atoms with van der Waals surface area (Å²) in [6.07, 6.45) is 0. The number of benzene rings is 2. The van der Waals surface area contributed by atoms with Crippen molar-refractivity contribution in [2.75, 3.05) is 0 Å². The highest BCUT2D eigenvalue weighted by Gasteiger charge is 2.29. The van der Waals surface area contributed by atoms with E-state index >= 15 is 0 Å². The van der Waals surface area contributed by atoms with E-state index in [-0.39, 0.29) is 11.1 Å². The van der Waals surface area contributed by atoms with Crippen LogP contribution in [0.3, 0.4) is 0 Å². The van der Waals surface area contributed by atoms with E-state index < -0.39 is 28.8 Å². The van der Waals surface area contributed by atoms with Gasteiger partial charge in [-0.15, -0.1) is 0 Å². The number of rotatable bonds is 2. The van der Waals surface area contributed by atoms with Gasteiger partial charge in [-0.2, -0.15) is 0 Å². The molecule has 0 heterocycles. The van der Waals surface area contributed by atoms with Crippen LogP contribution in [-0.4, -0.2) is 0 Å². The molecule has 19 heavy (non-hydrogen) atoms. The van der Waals surface area contributed by atoms with Crippen molar-refractivity contribution in [2.24, 2.45) is 5.73 Å². The van der Waals surface area contributed by atoms with Crippen LogP contribution in [0, 0.1) is 23.3 Å². The molecule has 0 saturated carbocycles. The molecule has 100 valence electrons. The topological polar surface area (TPSA) is 26.0 Å². The molecule has 0 aliphatic carbocycles. The van der Waals surface area contributed by atoms with Crippen molar-refractivity contribution < 1.29 is 17.6 Å². The second kappa shape index (κ2) is 4.66. The average Bonchev–Trinajstić information content (AvgIpc) is 2.36. The third-order valence-electron chi connectivity index (χ3n) is 3.02. The summed E-state index contributed by atoms with van der Waals surface area (Å²) in [6, 6.07) is 7.08. The van der Waals surface area contributed by atoms with Crippen LogP contribution < -0.4 is 5.73 Å². The fraction of sp³-hybridized carbons (Fsp3) is 0.143. The standard InChI is InChI=1S/C14H11F4N/c1-14(19,8-3-2-4-9(15)7-8)10-5-6-11(16)13(18)12(10)17/h2-7H,19H2,1H3. The minimum atomic E-state index is -1.59. The molecular formula is C14H11F4N. The molecule has 0 aliphatic heterocycles. The normalized spacial score (nSPS) is 14.2. The van der Waals surface area contributed by atoms with Gasteiger partial charge < -0.3 is 5.73 Å². The molecule has 0 aromatic heterocycles. The van der Waals surface area contributed by atoms with Gasteiger partial charge in [-0.3, -0.25) is 0 Å². The summed E-state index contributed by atoms with van der Waals surface area (Å²) in [6.45, 7) is 1.40. The number of hydrogen-bond donors (Lipinski definition) is 1. The number of nitrogens with two attached hydrogens (primary N) is 1. The molecule has 0 saturated heterocycles. The van der Waals surface area contributed by atoms with Crippen LogP contribution in [0.25, 0.3) is 0 Å². The molecule has 1 nitrogen and oxygen atoms in total. The van der Waals surface area contributed by atoms with Gasteiger partial charge in [-0.25, -0.2) is 17.6 Å². The van der Waals surface area contributed by atoms with Crippen LogP contribution in [0.5, 0.6) is 0 Å². The van der Waals surface area contributed by atoms with Crippen molar-refractivity contribution in [3.05, 3.63) is 70.8 Å². The van der Waals surface area contributed by atoms with E-state index in [2.05, 4.69) is 0 Å². The second-order valence-electron chi connectivity index (χ2n) is 4.44. The molecule has 0 fully saturated rings. The lowest BCUT2D eigenvalue weighted by molar-refractivity contribution is 0.425. The highest BCUT2D eigenvalue weighted by molar-refractivity contribution is 5.38. The number of halogens is 4. The van der Waals surface area contributed by atoms with Crippen LogP contribution in [0.15, 0.2) is 36.4 Å². The highest BCUT2D eigenvalue weighted by atomic mass is 19.2. The van der Waals surface area contributed by atoms with E-state index in [4.69, 9.17) is 5.73 Å². The minimum absolute atomic E-state index is 0.239. The first-order valence-electron chi connectivity index (χ1n) is 5.53. The van der Waals surface area contributed by atoms with Gasteiger partial charge in [-0.05, 0) is 30.7 Å². The Bertz CT molecular complexity index is 623. The molecule has 1 atom stereocenters. The summed E-state index contributed by atoms with van der Waals surface area (Å²) in [7, 11) is 0. The van der Waals surface area contributed by atoms with E-state index in [9.17, 15) is 17.6 Å². The van der Waals surface area contributed by atoms with Crippen LogP contribution in [-0.2, 0) is 5.54 Å². The molecule has 2 rings (SSSR count). The van der Waals surface area contributed by atoms with E-state index in [1.54, 1.807) is 0 Å². The average molecular weight is 269 g/mol. The zero-order valence-corrected chi connectivity index (χ0v) is 10.1. The summed E-state index contributed by atoms with van der Waals surface area (Å²) >= 11 is 0. The second-order valence-corrected chi connectivity index (χ2v) is 4.44. The third kappa shape index (κ3) is 2.33. The summed E-state index contributed by atoms with van der Waals surface area (Å²) in [5.41, 5.74) is 4.50. The Hall–Kier alpha value is -1.88. The molecule has 2 aromatic carbocycles. The molecule has 0 amide bonds. The summed E-state index contributed by atoms with van der Waals surface area (Å²) in [5.74, 6) is -4.80. The molecule has 2 N–H and O–H groups in total. The monoisotopic (exact) mass is 269 g/mol. The molecule has 5 heteroatoms. The third-order valence-corrected chi connectivity index (χ3v) is 3.02. The summed E-state index contributed by atoms with van der Waals surface area (Å²) in [4.78, 5) is 0. The molecule has 0 aliphatic rings. The van der Waals surface area contributed by atoms with Crippen LogP contribution >= 0.6 is 0 Å². The van der Waals surface area contributed by atoms with E-state index in [0.717, 1.165) is 18.2 Å². The molecule has 0 radical (unpaired) electrons. The lowest BCUT2D eigenvalue weighted by Crippen LogP contribution is -2.35. The summed E-state index contributed by atoms with van der Waals surface area (Å²) in [5, 5.41) is 0. The highest BCUT2D eigenvalue weighted by Crippen LogP contribution is 2.30. The van der Waals surface area contributed by atoms with Gasteiger partial charge in [0.15, 0.2) is 17.5 Å². The Labute approximate surface area is 107 Å². The fourth-order valence-corrected chi connectivity index (χ4v) is 1.89. The lowest BCUT2D eigenvalue weighted by atomic mass is 9.85. The lowest BCUT2D eigenvalue weighted by Gasteiger charge is -2.26. The largest absolute Gasteiger partial charge is 0.318 e. The van der Waals surface area contributed by atoms with Gasteiger partial charge in [0, 0.05) is 5.56 Å². The maximum atomic E-state index is 13.8. The van der Waals surface area contributed by atoms with Crippen LogP contribution in [0.4, 0.5) is 17.6 Å². The Morgan fingerprint density at radius 2 is 1.63 bits per heavy atom. The predicted octanol–water partition coefficient (Wildman–Crippen LogP) is 3.47. The molecule has 2 aromatic rings. The first kappa shape index (κ1) is 13.5. The fourth-order valence-electron chi connectivity index (χ4n) is 1.89. The zero-order valence-electron chi connectivity index (χ0n) is 10.1. The van der Waals surface area contributed by atoms with Gasteiger partial charge in [0.25, 0.3) is 0 Å². The minimum Gasteiger partial charge on any atom is -0.318 e. The van der Waals surface area contributed by atoms with E-state index in [1.165, 1.54) is 25.1 Å². The van der Waals surface area contributed by atoms with Gasteiger partial charge in [-0.1, -0.05) is 18.2 Å². The zero-order chi connectivity index (χ0) is 14.2. The summed E-state index contributed by atoms with van der Waals surface area (Å²) < 4.78 is 53.1. The molecule has 1 unspecified atom stereocenters. The molecule has 0 bridgehead atoms. The van der Waals surface area contributed by atoms with E-state index in [0.29, 0.717) is 0 Å². The Morgan fingerprint density at radius 3 is 2.26 bits per heavy atom. The predicted molar refractivity (Wildman–Crippen MR) is 63.4 cm³/mol. The van der Waals surface area contributed by atoms with Gasteiger partial charge in [0.2, 0.25) is 0 Å².